The van der Waals surface area contributed by atoms with Gasteiger partial charge in [-0.15, -0.1) is 0 Å². The van der Waals surface area contributed by atoms with Crippen LogP contribution in [0.15, 0.2) is 0 Å². The van der Waals surface area contributed by atoms with Crippen molar-refractivity contribution in [3.63, 3.8) is 0 Å². The van der Waals surface area contributed by atoms with E-state index in [9.17, 15) is 34.2 Å². The number of hydrogen-bond donors (Lipinski definition) is 5. The third-order valence-electron chi connectivity index (χ3n) is 2.28. The number of carbonyl (C=O) groups is 5. The molecular formula is C10H11KO12. The first kappa shape index (κ1) is 24.3. The van der Waals surface area contributed by atoms with E-state index in [1.54, 1.807) is 0 Å². The summed E-state index contributed by atoms with van der Waals surface area (Å²) in [5, 5.41) is 54.5. The number of carboxylic acids is 3. The number of aliphatic hydroxyl groups excluding tert-OH is 2. The van der Waals surface area contributed by atoms with Gasteiger partial charge in [0.2, 0.25) is 0 Å². The van der Waals surface area contributed by atoms with Crippen LogP contribution in [0.3, 0.4) is 0 Å². The summed E-state index contributed by atoms with van der Waals surface area (Å²) in [6, 6.07) is 0. The zero-order chi connectivity index (χ0) is 17.7. The molecule has 0 rings (SSSR count). The molecule has 0 aromatic rings. The first-order valence-corrected chi connectivity index (χ1v) is 5.40. The predicted octanol–water partition coefficient (Wildman–Crippen LogP) is -7.79. The van der Waals surface area contributed by atoms with Crippen LogP contribution in [0.5, 0.6) is 0 Å². The van der Waals surface area contributed by atoms with Gasteiger partial charge in [-0.1, -0.05) is 0 Å². The maximum Gasteiger partial charge on any atom is 1.00 e. The molecule has 0 aliphatic heterocycles. The van der Waals surface area contributed by atoms with Gasteiger partial charge in [0.05, 0.1) is 18.8 Å². The van der Waals surface area contributed by atoms with Gasteiger partial charge in [-0.3, -0.25) is 9.59 Å². The van der Waals surface area contributed by atoms with Gasteiger partial charge in [-0.05, 0) is 0 Å². The number of hydrogen-bond acceptors (Lipinski definition) is 10. The molecule has 0 bridgehead atoms. The van der Waals surface area contributed by atoms with E-state index < -0.39 is 60.5 Å². The Hall–Kier alpha value is -0.934. The first-order chi connectivity index (χ1) is 9.90. The molecule has 12 nitrogen and oxygen atoms in total. The summed E-state index contributed by atoms with van der Waals surface area (Å²) in [6.07, 6.45) is -8.28. The molecule has 0 heterocycles. The summed E-state index contributed by atoms with van der Waals surface area (Å²) in [4.78, 5) is 53.6. The van der Waals surface area contributed by atoms with Crippen LogP contribution in [0.4, 0.5) is 0 Å². The zero-order valence-electron chi connectivity index (χ0n) is 11.7. The Labute approximate surface area is 170 Å². The normalized spacial score (nSPS) is 15.3. The maximum absolute atomic E-state index is 11.2. The number of carboxylic acid groups (broad SMARTS) is 3. The summed E-state index contributed by atoms with van der Waals surface area (Å²) in [6.45, 7) is 0. The van der Waals surface area contributed by atoms with Crippen molar-refractivity contribution in [1.82, 2.24) is 0 Å². The number of rotatable bonds is 8. The van der Waals surface area contributed by atoms with Crippen molar-refractivity contribution in [2.24, 2.45) is 0 Å². The van der Waals surface area contributed by atoms with E-state index in [2.05, 4.69) is 4.74 Å². The number of ether oxygens (including phenoxy) is 1. The molecule has 0 fully saturated rings. The van der Waals surface area contributed by atoms with Crippen molar-refractivity contribution < 1.29 is 111 Å². The van der Waals surface area contributed by atoms with E-state index in [-0.39, 0.29) is 51.4 Å². The molecule has 0 radical (unpaired) electrons. The minimum atomic E-state index is -3.08. The first-order valence-electron chi connectivity index (χ1n) is 5.40. The summed E-state index contributed by atoms with van der Waals surface area (Å²) >= 11 is 0. The van der Waals surface area contributed by atoms with Crippen LogP contribution in [-0.2, 0) is 28.7 Å². The molecule has 0 aromatic carbocycles. The van der Waals surface area contributed by atoms with E-state index in [1.165, 1.54) is 0 Å². The maximum atomic E-state index is 11.2. The average Bonchev–Trinajstić information content (AvgIpc) is 2.34. The molecule has 0 aromatic heterocycles. The van der Waals surface area contributed by atoms with Crippen LogP contribution in [0, 0.1) is 0 Å². The van der Waals surface area contributed by atoms with Crippen molar-refractivity contribution in [1.29, 1.82) is 0 Å². The minimum Gasteiger partial charge on any atom is -0.547 e. The van der Waals surface area contributed by atoms with Crippen molar-refractivity contribution in [2.75, 3.05) is 0 Å². The molecule has 124 valence electrons. The fraction of sp³-hybridized carbons (Fsp3) is 0.500. The number of carbonyl (C=O) groups excluding carboxylic acids is 3. The third-order valence-corrected chi connectivity index (χ3v) is 2.28. The number of esters is 2. The van der Waals surface area contributed by atoms with E-state index in [1.807, 2.05) is 0 Å². The Morgan fingerprint density at radius 2 is 1.48 bits per heavy atom. The summed E-state index contributed by atoms with van der Waals surface area (Å²) in [5.41, 5.74) is -3.08. The van der Waals surface area contributed by atoms with E-state index in [4.69, 9.17) is 20.4 Å². The molecule has 0 spiro atoms. The Balaban J connectivity index is 0. The average molecular weight is 362 g/mol. The minimum absolute atomic E-state index is 0. The molecule has 3 atom stereocenters. The number of aliphatic hydroxyl groups is 3. The fourth-order valence-corrected chi connectivity index (χ4v) is 1.17. The van der Waals surface area contributed by atoms with E-state index >= 15 is 0 Å². The fourth-order valence-electron chi connectivity index (χ4n) is 1.17. The largest absolute Gasteiger partial charge is 1.00 e. The molecule has 5 N–H and O–H groups in total. The molecule has 0 aliphatic rings. The summed E-state index contributed by atoms with van der Waals surface area (Å²) in [7, 11) is 0. The molecule has 3 unspecified atom stereocenters. The molecule has 0 saturated carbocycles. The summed E-state index contributed by atoms with van der Waals surface area (Å²) < 4.78 is 3.82. The second kappa shape index (κ2) is 10.0. The number of aliphatic carboxylic acids is 3. The quantitative estimate of drug-likeness (QED) is 0.154. The second-order valence-electron chi connectivity index (χ2n) is 4.09. The Morgan fingerprint density at radius 3 is 1.83 bits per heavy atom. The Kier molecular flexibility index (Phi) is 10.6. The van der Waals surface area contributed by atoms with Gasteiger partial charge in [0.15, 0.2) is 11.7 Å². The van der Waals surface area contributed by atoms with Crippen molar-refractivity contribution in [3.05, 3.63) is 0 Å². The Bertz CT molecular complexity index is 502. The zero-order valence-corrected chi connectivity index (χ0v) is 14.8. The molecule has 0 aliphatic carbocycles. The molecular weight excluding hydrogens is 351 g/mol. The van der Waals surface area contributed by atoms with Gasteiger partial charge >= 0.3 is 75.3 Å². The van der Waals surface area contributed by atoms with Crippen LogP contribution in [-0.4, -0.2) is 73.2 Å². The summed E-state index contributed by atoms with van der Waals surface area (Å²) in [5.74, 6) is -9.82. The van der Waals surface area contributed by atoms with Gasteiger partial charge in [-0.2, -0.15) is 0 Å². The van der Waals surface area contributed by atoms with Gasteiger partial charge in [-0.25, -0.2) is 9.59 Å². The topological polar surface area (TPSA) is 219 Å². The van der Waals surface area contributed by atoms with Gasteiger partial charge in [0, 0.05) is 0 Å². The van der Waals surface area contributed by atoms with Crippen molar-refractivity contribution in [3.8, 4) is 0 Å². The standard InChI is InChI=1S/C10H12O12.K/c11-3(12)1-10(21,9(19)20)2-4(13)22-8(18)6(15)5(14)7(16)17;/h5-6,14-15,21H,1-2H2,(H,11,12)(H,16,17)(H,19,20);/q;+1/p-1. The van der Waals surface area contributed by atoms with Crippen LogP contribution in [0.1, 0.15) is 12.8 Å². The van der Waals surface area contributed by atoms with Crippen molar-refractivity contribution in [2.45, 2.75) is 30.7 Å². The Morgan fingerprint density at radius 1 is 1.00 bits per heavy atom. The van der Waals surface area contributed by atoms with Gasteiger partial charge in [0.1, 0.15) is 6.10 Å². The monoisotopic (exact) mass is 362 g/mol. The van der Waals surface area contributed by atoms with E-state index in [0.29, 0.717) is 0 Å². The third kappa shape index (κ3) is 7.93. The van der Waals surface area contributed by atoms with Crippen LogP contribution in [0.2, 0.25) is 0 Å². The SMILES string of the molecule is O=C(O)CC(O)(CC(=O)OC(=O)C(O)C(O)C(=O)[O-])C(=O)O.[K+]. The van der Waals surface area contributed by atoms with Crippen molar-refractivity contribution >= 4 is 29.8 Å². The van der Waals surface area contributed by atoms with Crippen LogP contribution < -0.4 is 56.5 Å². The van der Waals surface area contributed by atoms with Gasteiger partial charge < -0.3 is 40.2 Å². The smallest absolute Gasteiger partial charge is 0.547 e. The molecule has 0 saturated heterocycles. The predicted molar refractivity (Wildman–Crippen MR) is 57.6 cm³/mol. The van der Waals surface area contributed by atoms with Crippen LogP contribution >= 0.6 is 0 Å². The second-order valence-corrected chi connectivity index (χ2v) is 4.09. The van der Waals surface area contributed by atoms with Gasteiger partial charge in [0.25, 0.3) is 0 Å². The molecule has 0 amide bonds. The van der Waals surface area contributed by atoms with Crippen LogP contribution in [0.25, 0.3) is 0 Å². The molecule has 13 heteroatoms. The molecule has 23 heavy (non-hydrogen) atoms. The van der Waals surface area contributed by atoms with E-state index in [0.717, 1.165) is 0 Å².